The highest BCUT2D eigenvalue weighted by Gasteiger charge is 2.42. The molecule has 0 spiro atoms. The van der Waals surface area contributed by atoms with Crippen molar-refractivity contribution in [3.05, 3.63) is 29.8 Å². The number of morpholine rings is 1. The molecule has 1 aromatic rings. The van der Waals surface area contributed by atoms with Gasteiger partial charge in [-0.15, -0.1) is 0 Å². The maximum absolute atomic E-state index is 13.4. The van der Waals surface area contributed by atoms with E-state index in [1.54, 1.807) is 4.90 Å². The second-order valence-corrected chi connectivity index (χ2v) is 6.67. The molecule has 1 saturated carbocycles. The molecule has 0 unspecified atom stereocenters. The van der Waals surface area contributed by atoms with Gasteiger partial charge in [0, 0.05) is 18.7 Å². The van der Waals surface area contributed by atoms with E-state index >= 15 is 0 Å². The molecule has 3 rings (SSSR count). The molecule has 27 heavy (non-hydrogen) atoms. The van der Waals surface area contributed by atoms with Crippen LogP contribution in [0.1, 0.15) is 29.6 Å². The minimum absolute atomic E-state index is 0.158. The number of amides is 2. The first kappa shape index (κ1) is 19.2. The van der Waals surface area contributed by atoms with Crippen LogP contribution in [0.15, 0.2) is 18.5 Å². The minimum Gasteiger partial charge on any atom is -0.468 e. The molecule has 146 valence electrons. The molecule has 0 radical (unpaired) electrons. The van der Waals surface area contributed by atoms with E-state index in [0.29, 0.717) is 32.4 Å². The SMILES string of the molecule is COC(=O)CNC(=O)[C@H]1CC[C@H]2OCCN(C(=O)c3cncc(F)c3)[C@@H]2C1. The third-order valence-electron chi connectivity index (χ3n) is 5.04. The predicted molar refractivity (Wildman–Crippen MR) is 91.1 cm³/mol. The molecule has 2 amide bonds. The van der Waals surface area contributed by atoms with Gasteiger partial charge in [-0.3, -0.25) is 19.4 Å². The van der Waals surface area contributed by atoms with Crippen LogP contribution < -0.4 is 5.32 Å². The predicted octanol–water partition coefficient (Wildman–Crippen LogP) is 0.520. The zero-order valence-electron chi connectivity index (χ0n) is 15.0. The Hall–Kier alpha value is -2.55. The van der Waals surface area contributed by atoms with Gasteiger partial charge in [-0.1, -0.05) is 0 Å². The van der Waals surface area contributed by atoms with Gasteiger partial charge >= 0.3 is 5.97 Å². The molecule has 1 saturated heterocycles. The van der Waals surface area contributed by atoms with Crippen molar-refractivity contribution in [2.45, 2.75) is 31.4 Å². The zero-order valence-corrected chi connectivity index (χ0v) is 15.0. The van der Waals surface area contributed by atoms with Crippen molar-refractivity contribution in [3.8, 4) is 0 Å². The number of ether oxygens (including phenoxy) is 2. The number of esters is 1. The molecule has 2 heterocycles. The Kier molecular flexibility index (Phi) is 6.00. The molecule has 8 nitrogen and oxygen atoms in total. The lowest BCUT2D eigenvalue weighted by atomic mass is 9.81. The Morgan fingerprint density at radius 3 is 2.93 bits per heavy atom. The van der Waals surface area contributed by atoms with Gasteiger partial charge in [-0.25, -0.2) is 4.39 Å². The maximum atomic E-state index is 13.4. The summed E-state index contributed by atoms with van der Waals surface area (Å²) in [5.41, 5.74) is 0.174. The van der Waals surface area contributed by atoms with Gasteiger partial charge in [0.25, 0.3) is 5.91 Å². The number of nitrogens with zero attached hydrogens (tertiary/aromatic N) is 2. The van der Waals surface area contributed by atoms with Crippen LogP contribution in [0.25, 0.3) is 0 Å². The monoisotopic (exact) mass is 379 g/mol. The number of hydrogen-bond donors (Lipinski definition) is 1. The Morgan fingerprint density at radius 2 is 2.19 bits per heavy atom. The summed E-state index contributed by atoms with van der Waals surface area (Å²) in [6.45, 7) is 0.579. The van der Waals surface area contributed by atoms with Crippen molar-refractivity contribution in [2.75, 3.05) is 26.8 Å². The third kappa shape index (κ3) is 4.41. The summed E-state index contributed by atoms with van der Waals surface area (Å²) in [4.78, 5) is 41.8. The molecule has 9 heteroatoms. The minimum atomic E-state index is -0.575. The normalized spacial score (nSPS) is 24.7. The summed E-state index contributed by atoms with van der Waals surface area (Å²) in [6, 6.07) is 0.876. The smallest absolute Gasteiger partial charge is 0.325 e. The Balaban J connectivity index is 1.69. The van der Waals surface area contributed by atoms with Crippen molar-refractivity contribution < 1.29 is 28.2 Å². The molecule has 2 aliphatic rings. The molecule has 1 aliphatic carbocycles. The number of aromatic nitrogens is 1. The molecule has 0 aromatic carbocycles. The lowest BCUT2D eigenvalue weighted by molar-refractivity contribution is -0.142. The van der Waals surface area contributed by atoms with Gasteiger partial charge in [0.1, 0.15) is 12.4 Å². The van der Waals surface area contributed by atoms with E-state index in [2.05, 4.69) is 15.0 Å². The van der Waals surface area contributed by atoms with Crippen LogP contribution in [0.5, 0.6) is 0 Å². The first-order valence-electron chi connectivity index (χ1n) is 8.87. The summed E-state index contributed by atoms with van der Waals surface area (Å²) in [5.74, 6) is -2.00. The Bertz CT molecular complexity index is 729. The second-order valence-electron chi connectivity index (χ2n) is 6.67. The van der Waals surface area contributed by atoms with Gasteiger partial charge in [-0.2, -0.15) is 0 Å². The second kappa shape index (κ2) is 8.43. The van der Waals surface area contributed by atoms with Crippen molar-refractivity contribution >= 4 is 17.8 Å². The van der Waals surface area contributed by atoms with E-state index < -0.39 is 11.8 Å². The molecule has 3 atom stereocenters. The number of rotatable bonds is 4. The lowest BCUT2D eigenvalue weighted by Gasteiger charge is -2.45. The largest absolute Gasteiger partial charge is 0.468 e. The molecule has 0 bridgehead atoms. The summed E-state index contributed by atoms with van der Waals surface area (Å²) < 4.78 is 23.7. The van der Waals surface area contributed by atoms with Crippen LogP contribution in [0.4, 0.5) is 4.39 Å². The number of pyridine rings is 1. The van der Waals surface area contributed by atoms with Gasteiger partial charge in [0.2, 0.25) is 5.91 Å². The third-order valence-corrected chi connectivity index (χ3v) is 5.04. The van der Waals surface area contributed by atoms with E-state index in [1.165, 1.54) is 13.3 Å². The maximum Gasteiger partial charge on any atom is 0.325 e. The fourth-order valence-electron chi connectivity index (χ4n) is 3.67. The molecule has 2 fully saturated rings. The van der Waals surface area contributed by atoms with Crippen LogP contribution in [0, 0.1) is 11.7 Å². The van der Waals surface area contributed by atoms with E-state index in [4.69, 9.17) is 4.74 Å². The lowest BCUT2D eigenvalue weighted by Crippen LogP contribution is -2.57. The highest BCUT2D eigenvalue weighted by molar-refractivity contribution is 5.94. The number of halogens is 1. The first-order chi connectivity index (χ1) is 13.0. The number of hydrogen-bond acceptors (Lipinski definition) is 6. The number of carbonyl (C=O) groups is 3. The highest BCUT2D eigenvalue weighted by Crippen LogP contribution is 2.33. The number of methoxy groups -OCH3 is 1. The summed E-state index contributed by atoms with van der Waals surface area (Å²) in [6.07, 6.45) is 3.88. The van der Waals surface area contributed by atoms with E-state index in [9.17, 15) is 18.8 Å². The van der Waals surface area contributed by atoms with Crippen molar-refractivity contribution in [2.24, 2.45) is 5.92 Å². The zero-order chi connectivity index (χ0) is 19.4. The van der Waals surface area contributed by atoms with E-state index in [1.807, 2.05) is 0 Å². The molecule has 1 aromatic heterocycles. The first-order valence-corrected chi connectivity index (χ1v) is 8.87. The molecular weight excluding hydrogens is 357 g/mol. The van der Waals surface area contributed by atoms with Gasteiger partial charge < -0.3 is 19.7 Å². The van der Waals surface area contributed by atoms with Crippen molar-refractivity contribution in [1.82, 2.24) is 15.2 Å². The molecule has 1 N–H and O–H groups in total. The molecular formula is C18H22FN3O5. The van der Waals surface area contributed by atoms with E-state index in [-0.39, 0.29) is 42.0 Å². The van der Waals surface area contributed by atoms with Crippen molar-refractivity contribution in [3.63, 3.8) is 0 Å². The summed E-state index contributed by atoms with van der Waals surface area (Å²) in [7, 11) is 1.25. The van der Waals surface area contributed by atoms with Crippen LogP contribution in [-0.2, 0) is 19.1 Å². The van der Waals surface area contributed by atoms with Crippen LogP contribution in [-0.4, -0.2) is 66.6 Å². The van der Waals surface area contributed by atoms with E-state index in [0.717, 1.165) is 12.3 Å². The highest BCUT2D eigenvalue weighted by atomic mass is 19.1. The number of fused-ring (bicyclic) bond motifs is 1. The van der Waals surface area contributed by atoms with Gasteiger partial charge in [-0.05, 0) is 25.3 Å². The van der Waals surface area contributed by atoms with Crippen LogP contribution in [0.3, 0.4) is 0 Å². The quantitative estimate of drug-likeness (QED) is 0.766. The molecule has 1 aliphatic heterocycles. The Labute approximate surface area is 156 Å². The topological polar surface area (TPSA) is 97.8 Å². The van der Waals surface area contributed by atoms with Crippen LogP contribution >= 0.6 is 0 Å². The Morgan fingerprint density at radius 1 is 1.37 bits per heavy atom. The van der Waals surface area contributed by atoms with Gasteiger partial charge in [0.05, 0.1) is 37.6 Å². The average molecular weight is 379 g/mol. The van der Waals surface area contributed by atoms with Crippen molar-refractivity contribution in [1.29, 1.82) is 0 Å². The number of nitrogens with one attached hydrogen (secondary N) is 1. The number of carbonyl (C=O) groups excluding carboxylic acids is 3. The standard InChI is InChI=1S/C18H22FN3O5/c1-26-16(23)10-21-17(24)11-2-3-15-14(7-11)22(4-5-27-15)18(25)12-6-13(19)9-20-8-12/h6,8-9,11,14-15H,2-5,7,10H2,1H3,(H,21,24)/t11-,14+,15+/m0/s1. The fraction of sp³-hybridized carbons (Fsp3) is 0.556. The summed E-state index contributed by atoms with van der Waals surface area (Å²) in [5, 5.41) is 2.56. The van der Waals surface area contributed by atoms with Crippen LogP contribution in [0.2, 0.25) is 0 Å². The average Bonchev–Trinajstić information content (AvgIpc) is 2.70. The van der Waals surface area contributed by atoms with Gasteiger partial charge in [0.15, 0.2) is 0 Å². The summed E-state index contributed by atoms with van der Waals surface area (Å²) >= 11 is 0. The fourth-order valence-corrected chi connectivity index (χ4v) is 3.67.